The predicted molar refractivity (Wildman–Crippen MR) is 65.4 cm³/mol. The zero-order valence-electron chi connectivity index (χ0n) is 9.71. The van der Waals surface area contributed by atoms with Crippen molar-refractivity contribution in [2.45, 2.75) is 19.6 Å². The summed E-state index contributed by atoms with van der Waals surface area (Å²) in [5.41, 5.74) is 7.48. The van der Waals surface area contributed by atoms with Crippen LogP contribution in [0.25, 0.3) is 0 Å². The fraction of sp³-hybridized carbons (Fsp3) is 0.231. The molecule has 2 aromatic heterocycles. The molecule has 2 N–H and O–H groups in total. The Hall–Kier alpha value is -1.94. The van der Waals surface area contributed by atoms with Gasteiger partial charge in [0.1, 0.15) is 11.9 Å². The van der Waals surface area contributed by atoms with Crippen molar-refractivity contribution < 1.29 is 4.74 Å². The van der Waals surface area contributed by atoms with Gasteiger partial charge in [0.25, 0.3) is 0 Å². The molecule has 4 heteroatoms. The third kappa shape index (κ3) is 2.79. The molecular formula is C13H15N3O. The van der Waals surface area contributed by atoms with E-state index in [2.05, 4.69) is 9.97 Å². The number of nitrogens with zero attached hydrogens (tertiary/aromatic N) is 2. The quantitative estimate of drug-likeness (QED) is 0.871. The highest BCUT2D eigenvalue weighted by molar-refractivity contribution is 5.30. The molecule has 0 bridgehead atoms. The summed E-state index contributed by atoms with van der Waals surface area (Å²) in [6.07, 6.45) is 5.02. The van der Waals surface area contributed by atoms with Gasteiger partial charge in [-0.25, -0.2) is 0 Å². The van der Waals surface area contributed by atoms with Crippen molar-refractivity contribution in [3.05, 3.63) is 54.1 Å². The van der Waals surface area contributed by atoms with Crippen molar-refractivity contribution in [1.82, 2.24) is 9.97 Å². The van der Waals surface area contributed by atoms with Crippen molar-refractivity contribution in [3.63, 3.8) is 0 Å². The molecule has 0 aliphatic heterocycles. The average Bonchev–Trinajstić information content (AvgIpc) is 2.40. The molecule has 0 saturated heterocycles. The number of hydrogen-bond acceptors (Lipinski definition) is 4. The van der Waals surface area contributed by atoms with Gasteiger partial charge in [-0.1, -0.05) is 6.07 Å². The summed E-state index contributed by atoms with van der Waals surface area (Å²) in [4.78, 5) is 8.29. The molecule has 0 radical (unpaired) electrons. The Morgan fingerprint density at radius 3 is 2.88 bits per heavy atom. The molecule has 0 spiro atoms. The molecule has 1 unspecified atom stereocenters. The molecule has 0 amide bonds. The second-order valence-electron chi connectivity index (χ2n) is 3.70. The highest BCUT2D eigenvalue weighted by Gasteiger charge is 2.10. The van der Waals surface area contributed by atoms with Gasteiger partial charge in [0, 0.05) is 24.5 Å². The highest BCUT2D eigenvalue weighted by atomic mass is 16.5. The van der Waals surface area contributed by atoms with Gasteiger partial charge in [-0.15, -0.1) is 0 Å². The smallest absolute Gasteiger partial charge is 0.143 e. The summed E-state index contributed by atoms with van der Waals surface area (Å²) in [5.74, 6) is 0.716. The van der Waals surface area contributed by atoms with E-state index in [1.54, 1.807) is 18.6 Å². The number of hydrogen-bond donors (Lipinski definition) is 1. The van der Waals surface area contributed by atoms with Crippen LogP contribution < -0.4 is 10.5 Å². The van der Waals surface area contributed by atoms with Gasteiger partial charge in [0.15, 0.2) is 0 Å². The second-order valence-corrected chi connectivity index (χ2v) is 3.70. The maximum absolute atomic E-state index is 5.82. The third-order valence-corrected chi connectivity index (χ3v) is 2.50. The Bertz CT molecular complexity index is 473. The minimum absolute atomic E-state index is 0.120. The van der Waals surface area contributed by atoms with Crippen molar-refractivity contribution in [1.29, 1.82) is 0 Å². The summed E-state index contributed by atoms with van der Waals surface area (Å²) < 4.78 is 5.82. The topological polar surface area (TPSA) is 61.0 Å². The lowest BCUT2D eigenvalue weighted by Gasteiger charge is -2.15. The first-order valence-electron chi connectivity index (χ1n) is 5.52. The molecule has 88 valence electrons. The van der Waals surface area contributed by atoms with Crippen LogP contribution in [0, 0.1) is 0 Å². The van der Waals surface area contributed by atoms with Crippen LogP contribution in [-0.2, 0) is 6.54 Å². The largest absolute Gasteiger partial charge is 0.482 e. The van der Waals surface area contributed by atoms with Crippen LogP contribution in [0.15, 0.2) is 42.9 Å². The molecule has 2 aromatic rings. The number of ether oxygens (including phenoxy) is 1. The maximum atomic E-state index is 5.82. The van der Waals surface area contributed by atoms with E-state index in [0.29, 0.717) is 12.3 Å². The maximum Gasteiger partial charge on any atom is 0.143 e. The molecule has 0 aliphatic carbocycles. The van der Waals surface area contributed by atoms with E-state index in [-0.39, 0.29) is 6.10 Å². The minimum atomic E-state index is -0.120. The average molecular weight is 229 g/mol. The third-order valence-electron chi connectivity index (χ3n) is 2.50. The van der Waals surface area contributed by atoms with Crippen LogP contribution in [0.5, 0.6) is 5.75 Å². The van der Waals surface area contributed by atoms with E-state index in [4.69, 9.17) is 10.5 Å². The predicted octanol–water partition coefficient (Wildman–Crippen LogP) is 2.08. The lowest BCUT2D eigenvalue weighted by Crippen LogP contribution is -2.08. The molecule has 2 rings (SSSR count). The molecule has 4 nitrogen and oxygen atoms in total. The van der Waals surface area contributed by atoms with Crippen LogP contribution in [0.1, 0.15) is 24.3 Å². The monoisotopic (exact) mass is 229 g/mol. The molecule has 17 heavy (non-hydrogen) atoms. The van der Waals surface area contributed by atoms with Crippen LogP contribution in [0.3, 0.4) is 0 Å². The first-order valence-corrected chi connectivity index (χ1v) is 5.52. The zero-order valence-corrected chi connectivity index (χ0v) is 9.71. The summed E-state index contributed by atoms with van der Waals surface area (Å²) in [6, 6.07) is 7.62. The van der Waals surface area contributed by atoms with Crippen molar-refractivity contribution in [2.75, 3.05) is 0 Å². The molecule has 0 aliphatic rings. The number of nitrogens with two attached hydrogens (primary N) is 1. The summed E-state index contributed by atoms with van der Waals surface area (Å²) in [5, 5.41) is 0. The van der Waals surface area contributed by atoms with Gasteiger partial charge in [0.2, 0.25) is 0 Å². The molecular weight excluding hydrogens is 214 g/mol. The minimum Gasteiger partial charge on any atom is -0.482 e. The van der Waals surface area contributed by atoms with Gasteiger partial charge in [0.05, 0.1) is 11.9 Å². The summed E-state index contributed by atoms with van der Waals surface area (Å²) in [6.45, 7) is 2.39. The van der Waals surface area contributed by atoms with Crippen molar-refractivity contribution in [2.24, 2.45) is 5.73 Å². The highest BCUT2D eigenvalue weighted by Crippen LogP contribution is 2.22. The van der Waals surface area contributed by atoms with Gasteiger partial charge in [-0.05, 0) is 25.1 Å². The fourth-order valence-electron chi connectivity index (χ4n) is 1.55. The Labute approximate surface area is 100 Å². The zero-order chi connectivity index (χ0) is 12.1. The van der Waals surface area contributed by atoms with Crippen molar-refractivity contribution in [3.8, 4) is 5.75 Å². The van der Waals surface area contributed by atoms with Crippen LogP contribution in [0.4, 0.5) is 0 Å². The van der Waals surface area contributed by atoms with Crippen LogP contribution >= 0.6 is 0 Å². The molecule has 0 saturated carbocycles. The summed E-state index contributed by atoms with van der Waals surface area (Å²) >= 11 is 0. The Morgan fingerprint density at radius 1 is 1.29 bits per heavy atom. The molecule has 1 atom stereocenters. The van der Waals surface area contributed by atoms with E-state index >= 15 is 0 Å². The molecule has 2 heterocycles. The Kier molecular flexibility index (Phi) is 3.67. The van der Waals surface area contributed by atoms with Crippen LogP contribution in [-0.4, -0.2) is 9.97 Å². The summed E-state index contributed by atoms with van der Waals surface area (Å²) in [7, 11) is 0. The van der Waals surface area contributed by atoms with Crippen LogP contribution in [0.2, 0.25) is 0 Å². The van der Waals surface area contributed by atoms with E-state index in [9.17, 15) is 0 Å². The standard InChI is InChI=1S/C13H15N3O/c1-10(12-4-2-3-6-16-12)17-13-9-15-7-5-11(13)8-14/h2-7,9-10H,8,14H2,1H3. The van der Waals surface area contributed by atoms with Gasteiger partial charge in [-0.2, -0.15) is 0 Å². The van der Waals surface area contributed by atoms with E-state index in [1.165, 1.54) is 0 Å². The Morgan fingerprint density at radius 2 is 2.18 bits per heavy atom. The van der Waals surface area contributed by atoms with Gasteiger partial charge >= 0.3 is 0 Å². The second kappa shape index (κ2) is 5.41. The number of rotatable bonds is 4. The van der Waals surface area contributed by atoms with E-state index in [0.717, 1.165) is 11.3 Å². The van der Waals surface area contributed by atoms with E-state index in [1.807, 2.05) is 31.2 Å². The van der Waals surface area contributed by atoms with Gasteiger partial charge < -0.3 is 10.5 Å². The lowest BCUT2D eigenvalue weighted by molar-refractivity contribution is 0.219. The normalized spacial score (nSPS) is 12.1. The number of aromatic nitrogens is 2. The molecule has 0 aromatic carbocycles. The Balaban J connectivity index is 2.16. The van der Waals surface area contributed by atoms with Crippen molar-refractivity contribution >= 4 is 0 Å². The lowest BCUT2D eigenvalue weighted by atomic mass is 10.2. The van der Waals surface area contributed by atoms with E-state index < -0.39 is 0 Å². The molecule has 0 fully saturated rings. The fourth-order valence-corrected chi connectivity index (χ4v) is 1.55. The first-order chi connectivity index (χ1) is 8.31. The number of pyridine rings is 2. The first kappa shape index (κ1) is 11.5. The SMILES string of the molecule is CC(Oc1cnccc1CN)c1ccccn1. The van der Waals surface area contributed by atoms with Gasteiger partial charge in [-0.3, -0.25) is 9.97 Å².